The third-order valence-electron chi connectivity index (χ3n) is 5.13. The molecule has 2 aromatic heterocycles. The van der Waals surface area contributed by atoms with E-state index in [1.807, 2.05) is 53.4 Å². The molecule has 5 nitrogen and oxygen atoms in total. The molecular formula is C21H24Cl2N4O. The van der Waals surface area contributed by atoms with Crippen LogP contribution in [0.2, 0.25) is 0 Å². The number of nitrogens with zero attached hydrogens (tertiary/aromatic N) is 3. The van der Waals surface area contributed by atoms with Crippen molar-refractivity contribution in [2.24, 2.45) is 11.7 Å². The first-order valence-corrected chi connectivity index (χ1v) is 8.99. The van der Waals surface area contributed by atoms with Gasteiger partial charge >= 0.3 is 0 Å². The van der Waals surface area contributed by atoms with Crippen LogP contribution in [0.15, 0.2) is 54.7 Å². The number of hydrogen-bond donors (Lipinski definition) is 1. The van der Waals surface area contributed by atoms with Gasteiger partial charge < -0.3 is 10.6 Å². The molecule has 1 amide bonds. The number of carbonyl (C=O) groups excluding carboxylic acids is 1. The summed E-state index contributed by atoms with van der Waals surface area (Å²) < 4.78 is 0. The minimum absolute atomic E-state index is 0. The Balaban J connectivity index is 0.00000140. The van der Waals surface area contributed by atoms with Crippen molar-refractivity contribution in [2.45, 2.75) is 19.4 Å². The number of fused-ring (bicyclic) bond motifs is 1. The lowest BCUT2D eigenvalue weighted by Crippen LogP contribution is -2.34. The van der Waals surface area contributed by atoms with E-state index in [0.717, 1.165) is 28.7 Å². The SMILES string of the molecule is CC1CC(CN)CN1C(=O)c1cc(-c2ccccn2)nc2ccccc12.Cl.Cl. The number of amides is 1. The first-order valence-electron chi connectivity index (χ1n) is 8.99. The van der Waals surface area contributed by atoms with Gasteiger partial charge in [-0.25, -0.2) is 4.98 Å². The minimum atomic E-state index is 0. The van der Waals surface area contributed by atoms with Crippen LogP contribution >= 0.6 is 24.8 Å². The van der Waals surface area contributed by atoms with E-state index in [4.69, 9.17) is 10.7 Å². The number of likely N-dealkylation sites (tertiary alicyclic amines) is 1. The maximum absolute atomic E-state index is 13.4. The van der Waals surface area contributed by atoms with Crippen LogP contribution in [0.1, 0.15) is 23.7 Å². The molecule has 2 N–H and O–H groups in total. The molecule has 0 aliphatic carbocycles. The molecule has 0 radical (unpaired) electrons. The Morgan fingerprint density at radius 3 is 2.57 bits per heavy atom. The Bertz CT molecular complexity index is 952. The molecule has 3 heterocycles. The number of nitrogens with two attached hydrogens (primary N) is 1. The van der Waals surface area contributed by atoms with Crippen LogP contribution in [0.3, 0.4) is 0 Å². The Hall–Kier alpha value is -2.21. The summed E-state index contributed by atoms with van der Waals surface area (Å²) in [4.78, 5) is 24.4. The molecule has 4 rings (SSSR count). The Labute approximate surface area is 177 Å². The first kappa shape index (κ1) is 22.1. The van der Waals surface area contributed by atoms with Gasteiger partial charge in [0.05, 0.1) is 22.5 Å². The van der Waals surface area contributed by atoms with Crippen LogP contribution in [-0.4, -0.2) is 39.9 Å². The summed E-state index contributed by atoms with van der Waals surface area (Å²) in [6.07, 6.45) is 2.69. The summed E-state index contributed by atoms with van der Waals surface area (Å²) in [6, 6.07) is 15.6. The lowest BCUT2D eigenvalue weighted by atomic mass is 10.0. The molecule has 0 bridgehead atoms. The standard InChI is InChI=1S/C21H22N4O.2ClH/c1-14-10-15(12-22)13-25(14)21(26)17-11-20(19-8-4-5-9-23-19)24-18-7-3-2-6-16(17)18;;/h2-9,11,14-15H,10,12-13,22H2,1H3;2*1H. The summed E-state index contributed by atoms with van der Waals surface area (Å²) in [6.45, 7) is 3.42. The fraction of sp³-hybridized carbons (Fsp3) is 0.286. The van der Waals surface area contributed by atoms with Gasteiger partial charge in [0.1, 0.15) is 0 Å². The van der Waals surface area contributed by atoms with E-state index in [-0.39, 0.29) is 36.8 Å². The lowest BCUT2D eigenvalue weighted by Gasteiger charge is -2.22. The monoisotopic (exact) mass is 418 g/mol. The van der Waals surface area contributed by atoms with E-state index in [2.05, 4.69) is 11.9 Å². The molecule has 3 aromatic rings. The number of para-hydroxylation sites is 1. The number of hydrogen-bond acceptors (Lipinski definition) is 4. The normalized spacial score (nSPS) is 18.4. The quantitative estimate of drug-likeness (QED) is 0.698. The van der Waals surface area contributed by atoms with Gasteiger partial charge in [-0.1, -0.05) is 24.3 Å². The van der Waals surface area contributed by atoms with Crippen LogP contribution in [0.25, 0.3) is 22.3 Å². The molecule has 0 spiro atoms. The highest BCUT2D eigenvalue weighted by atomic mass is 35.5. The molecule has 1 fully saturated rings. The van der Waals surface area contributed by atoms with Gasteiger partial charge in [-0.3, -0.25) is 9.78 Å². The summed E-state index contributed by atoms with van der Waals surface area (Å²) >= 11 is 0. The van der Waals surface area contributed by atoms with Crippen LogP contribution in [0.5, 0.6) is 0 Å². The number of aromatic nitrogens is 2. The maximum Gasteiger partial charge on any atom is 0.254 e. The fourth-order valence-corrected chi connectivity index (χ4v) is 3.75. The number of carbonyl (C=O) groups is 1. The fourth-order valence-electron chi connectivity index (χ4n) is 3.75. The Morgan fingerprint density at radius 2 is 1.89 bits per heavy atom. The number of halogens is 2. The molecule has 0 saturated carbocycles. The van der Waals surface area contributed by atoms with Gasteiger partial charge in [-0.15, -0.1) is 24.8 Å². The summed E-state index contributed by atoms with van der Waals surface area (Å²) in [5.74, 6) is 0.418. The summed E-state index contributed by atoms with van der Waals surface area (Å²) in [7, 11) is 0. The van der Waals surface area contributed by atoms with E-state index < -0.39 is 0 Å². The zero-order valence-electron chi connectivity index (χ0n) is 15.6. The van der Waals surface area contributed by atoms with E-state index >= 15 is 0 Å². The third-order valence-corrected chi connectivity index (χ3v) is 5.13. The van der Waals surface area contributed by atoms with Crippen molar-refractivity contribution < 1.29 is 4.79 Å². The predicted octanol–water partition coefficient (Wildman–Crippen LogP) is 3.95. The van der Waals surface area contributed by atoms with Crippen molar-refractivity contribution >= 4 is 41.6 Å². The van der Waals surface area contributed by atoms with E-state index in [1.165, 1.54) is 0 Å². The second-order valence-corrected chi connectivity index (χ2v) is 6.93. The third kappa shape index (κ3) is 4.12. The Kier molecular flexibility index (Phi) is 7.35. The molecule has 2 unspecified atom stereocenters. The molecule has 1 aromatic carbocycles. The number of benzene rings is 1. The van der Waals surface area contributed by atoms with Crippen molar-refractivity contribution in [1.29, 1.82) is 0 Å². The molecule has 28 heavy (non-hydrogen) atoms. The van der Waals surface area contributed by atoms with E-state index in [1.54, 1.807) is 6.20 Å². The summed E-state index contributed by atoms with van der Waals surface area (Å²) in [5, 5.41) is 0.876. The van der Waals surface area contributed by atoms with Crippen molar-refractivity contribution in [3.05, 3.63) is 60.3 Å². The predicted molar refractivity (Wildman–Crippen MR) is 117 cm³/mol. The van der Waals surface area contributed by atoms with Crippen LogP contribution in [0, 0.1) is 5.92 Å². The van der Waals surface area contributed by atoms with Gasteiger partial charge in [0.2, 0.25) is 0 Å². The Morgan fingerprint density at radius 1 is 1.14 bits per heavy atom. The van der Waals surface area contributed by atoms with Gasteiger partial charge in [0, 0.05) is 24.2 Å². The molecular weight excluding hydrogens is 395 g/mol. The zero-order valence-corrected chi connectivity index (χ0v) is 17.2. The molecule has 1 aliphatic rings. The largest absolute Gasteiger partial charge is 0.336 e. The number of rotatable bonds is 3. The molecule has 1 saturated heterocycles. The maximum atomic E-state index is 13.4. The molecule has 7 heteroatoms. The smallest absolute Gasteiger partial charge is 0.254 e. The zero-order chi connectivity index (χ0) is 18.1. The average Bonchev–Trinajstić information content (AvgIpc) is 3.08. The second kappa shape index (κ2) is 9.32. The van der Waals surface area contributed by atoms with Crippen LogP contribution < -0.4 is 5.73 Å². The average molecular weight is 419 g/mol. The lowest BCUT2D eigenvalue weighted by molar-refractivity contribution is 0.0745. The summed E-state index contributed by atoms with van der Waals surface area (Å²) in [5.41, 5.74) is 8.80. The second-order valence-electron chi connectivity index (χ2n) is 6.93. The highest BCUT2D eigenvalue weighted by molar-refractivity contribution is 6.07. The molecule has 148 valence electrons. The topological polar surface area (TPSA) is 72.1 Å². The van der Waals surface area contributed by atoms with E-state index in [0.29, 0.717) is 24.6 Å². The van der Waals surface area contributed by atoms with Crippen LogP contribution in [0.4, 0.5) is 0 Å². The van der Waals surface area contributed by atoms with Gasteiger partial charge in [-0.05, 0) is 50.1 Å². The van der Waals surface area contributed by atoms with Crippen molar-refractivity contribution in [1.82, 2.24) is 14.9 Å². The van der Waals surface area contributed by atoms with E-state index in [9.17, 15) is 4.79 Å². The highest BCUT2D eigenvalue weighted by Gasteiger charge is 2.33. The van der Waals surface area contributed by atoms with Crippen molar-refractivity contribution in [3.63, 3.8) is 0 Å². The van der Waals surface area contributed by atoms with Gasteiger partial charge in [0.25, 0.3) is 5.91 Å². The van der Waals surface area contributed by atoms with Gasteiger partial charge in [0.15, 0.2) is 0 Å². The molecule has 2 atom stereocenters. The van der Waals surface area contributed by atoms with Crippen molar-refractivity contribution in [3.8, 4) is 11.4 Å². The van der Waals surface area contributed by atoms with Crippen molar-refractivity contribution in [2.75, 3.05) is 13.1 Å². The minimum Gasteiger partial charge on any atom is -0.336 e. The molecule has 1 aliphatic heterocycles. The van der Waals surface area contributed by atoms with Crippen LogP contribution in [-0.2, 0) is 0 Å². The number of pyridine rings is 2. The highest BCUT2D eigenvalue weighted by Crippen LogP contribution is 2.29. The van der Waals surface area contributed by atoms with Gasteiger partial charge in [-0.2, -0.15) is 0 Å². The first-order chi connectivity index (χ1) is 12.7.